The lowest BCUT2D eigenvalue weighted by Crippen LogP contribution is -2.00. The Hall–Kier alpha value is -3.21. The summed E-state index contributed by atoms with van der Waals surface area (Å²) in [6, 6.07) is 16.8. The van der Waals surface area contributed by atoms with E-state index in [0.29, 0.717) is 0 Å². The molecule has 3 aromatic heterocycles. The molecule has 0 bridgehead atoms. The van der Waals surface area contributed by atoms with Gasteiger partial charge in [-0.3, -0.25) is 10.1 Å². The van der Waals surface area contributed by atoms with Gasteiger partial charge in [-0.1, -0.05) is 12.1 Å². The van der Waals surface area contributed by atoms with Gasteiger partial charge in [0.1, 0.15) is 5.69 Å². The Bertz CT molecular complexity index is 1060. The van der Waals surface area contributed by atoms with Crippen LogP contribution in [0.4, 0.5) is 0 Å². The second kappa shape index (κ2) is 6.59. The first-order valence-corrected chi connectivity index (χ1v) is 8.68. The standard InChI is InChI=1S/C21H21N5/c1-14-10-21(24-23-14)20-13-18(7-8-22-20)11-17-5-4-6-19(12-17)26-16(3)9-15(2)25-26/h4-10,12-13H,11H2,1-3H3,(H,23,24). The van der Waals surface area contributed by atoms with Gasteiger partial charge >= 0.3 is 0 Å². The summed E-state index contributed by atoms with van der Waals surface area (Å²) in [5.41, 5.74) is 8.50. The van der Waals surface area contributed by atoms with E-state index in [1.54, 1.807) is 0 Å². The number of H-pyrrole nitrogens is 1. The summed E-state index contributed by atoms with van der Waals surface area (Å²) < 4.78 is 1.99. The molecular formula is C21H21N5. The summed E-state index contributed by atoms with van der Waals surface area (Å²) in [7, 11) is 0. The third-order valence-corrected chi connectivity index (χ3v) is 4.37. The van der Waals surface area contributed by atoms with Crippen LogP contribution in [-0.4, -0.2) is 25.0 Å². The Morgan fingerprint density at radius 3 is 2.50 bits per heavy atom. The zero-order chi connectivity index (χ0) is 18.1. The molecule has 0 aliphatic carbocycles. The predicted molar refractivity (Wildman–Crippen MR) is 102 cm³/mol. The van der Waals surface area contributed by atoms with E-state index in [1.807, 2.05) is 30.8 Å². The number of benzene rings is 1. The molecule has 26 heavy (non-hydrogen) atoms. The van der Waals surface area contributed by atoms with Gasteiger partial charge in [0.2, 0.25) is 0 Å². The molecule has 1 aromatic carbocycles. The summed E-state index contributed by atoms with van der Waals surface area (Å²) >= 11 is 0. The summed E-state index contributed by atoms with van der Waals surface area (Å²) in [5, 5.41) is 11.8. The lowest BCUT2D eigenvalue weighted by molar-refractivity contribution is 0.832. The molecule has 0 spiro atoms. The van der Waals surface area contributed by atoms with Crippen LogP contribution < -0.4 is 0 Å². The Morgan fingerprint density at radius 1 is 0.923 bits per heavy atom. The minimum atomic E-state index is 0.839. The second-order valence-corrected chi connectivity index (χ2v) is 6.67. The molecule has 3 heterocycles. The Labute approximate surface area is 152 Å². The fraction of sp³-hybridized carbons (Fsp3) is 0.190. The molecule has 5 heteroatoms. The first kappa shape index (κ1) is 16.3. The average molecular weight is 343 g/mol. The number of aromatic nitrogens is 5. The van der Waals surface area contributed by atoms with Crippen LogP contribution in [0.2, 0.25) is 0 Å². The number of aryl methyl sites for hydroxylation is 3. The van der Waals surface area contributed by atoms with Gasteiger partial charge in [0.25, 0.3) is 0 Å². The van der Waals surface area contributed by atoms with Crippen molar-refractivity contribution in [3.8, 4) is 17.1 Å². The van der Waals surface area contributed by atoms with Gasteiger partial charge in [-0.15, -0.1) is 0 Å². The van der Waals surface area contributed by atoms with Crippen LogP contribution >= 0.6 is 0 Å². The van der Waals surface area contributed by atoms with Gasteiger partial charge in [-0.2, -0.15) is 10.2 Å². The zero-order valence-electron chi connectivity index (χ0n) is 15.2. The first-order valence-electron chi connectivity index (χ1n) is 8.68. The summed E-state index contributed by atoms with van der Waals surface area (Å²) in [6.45, 7) is 6.08. The molecule has 1 N–H and O–H groups in total. The molecule has 5 nitrogen and oxygen atoms in total. The molecule has 0 aliphatic heterocycles. The minimum Gasteiger partial charge on any atom is -0.282 e. The Balaban J connectivity index is 1.62. The van der Waals surface area contributed by atoms with Crippen molar-refractivity contribution in [3.05, 3.63) is 82.9 Å². The summed E-state index contributed by atoms with van der Waals surface area (Å²) in [4.78, 5) is 4.45. The smallest absolute Gasteiger partial charge is 0.111 e. The number of hydrogen-bond donors (Lipinski definition) is 1. The molecule has 0 unspecified atom stereocenters. The molecular weight excluding hydrogens is 322 g/mol. The van der Waals surface area contributed by atoms with Gasteiger partial charge in [-0.25, -0.2) is 4.68 Å². The van der Waals surface area contributed by atoms with Crippen molar-refractivity contribution in [2.45, 2.75) is 27.2 Å². The van der Waals surface area contributed by atoms with E-state index in [2.05, 4.69) is 69.7 Å². The fourth-order valence-electron chi connectivity index (χ4n) is 3.20. The molecule has 0 amide bonds. The van der Waals surface area contributed by atoms with E-state index in [-0.39, 0.29) is 0 Å². The van der Waals surface area contributed by atoms with Crippen LogP contribution in [0, 0.1) is 20.8 Å². The van der Waals surface area contributed by atoms with Crippen LogP contribution in [-0.2, 0) is 6.42 Å². The van der Waals surface area contributed by atoms with Gasteiger partial charge in [0, 0.05) is 17.6 Å². The van der Waals surface area contributed by atoms with E-state index < -0.39 is 0 Å². The van der Waals surface area contributed by atoms with Crippen molar-refractivity contribution in [2.75, 3.05) is 0 Å². The van der Waals surface area contributed by atoms with Crippen LogP contribution in [0.3, 0.4) is 0 Å². The second-order valence-electron chi connectivity index (χ2n) is 6.67. The third kappa shape index (κ3) is 3.28. The monoisotopic (exact) mass is 343 g/mol. The van der Waals surface area contributed by atoms with Crippen LogP contribution in [0.1, 0.15) is 28.2 Å². The molecule has 130 valence electrons. The SMILES string of the molecule is Cc1cc(C)n(-c2cccc(Cc3ccnc(-c4cc(C)[nH]n4)c3)c2)n1. The number of rotatable bonds is 4. The first-order chi connectivity index (χ1) is 12.6. The van der Waals surface area contributed by atoms with E-state index in [9.17, 15) is 0 Å². The fourth-order valence-corrected chi connectivity index (χ4v) is 3.20. The van der Waals surface area contributed by atoms with E-state index >= 15 is 0 Å². The van der Waals surface area contributed by atoms with Crippen LogP contribution in [0.5, 0.6) is 0 Å². The average Bonchev–Trinajstić information content (AvgIpc) is 3.20. The summed E-state index contributed by atoms with van der Waals surface area (Å²) in [6.07, 6.45) is 2.69. The van der Waals surface area contributed by atoms with E-state index in [1.165, 1.54) is 11.1 Å². The van der Waals surface area contributed by atoms with Crippen molar-refractivity contribution < 1.29 is 0 Å². The molecule has 0 saturated heterocycles. The highest BCUT2D eigenvalue weighted by atomic mass is 15.3. The minimum absolute atomic E-state index is 0.839. The molecule has 0 aliphatic rings. The number of nitrogens with zero attached hydrogens (tertiary/aromatic N) is 4. The van der Waals surface area contributed by atoms with Gasteiger partial charge in [-0.05, 0) is 74.7 Å². The molecule has 4 aromatic rings. The van der Waals surface area contributed by atoms with E-state index in [4.69, 9.17) is 0 Å². The maximum Gasteiger partial charge on any atom is 0.111 e. The van der Waals surface area contributed by atoms with Crippen molar-refractivity contribution in [1.82, 2.24) is 25.0 Å². The number of hydrogen-bond acceptors (Lipinski definition) is 3. The predicted octanol–water partition coefficient (Wildman–Crippen LogP) is 4.17. The third-order valence-electron chi connectivity index (χ3n) is 4.37. The molecule has 0 radical (unpaired) electrons. The van der Waals surface area contributed by atoms with Gasteiger partial charge in [0.15, 0.2) is 0 Å². The van der Waals surface area contributed by atoms with Crippen molar-refractivity contribution in [3.63, 3.8) is 0 Å². The highest BCUT2D eigenvalue weighted by Crippen LogP contribution is 2.20. The largest absolute Gasteiger partial charge is 0.282 e. The maximum atomic E-state index is 4.58. The summed E-state index contributed by atoms with van der Waals surface area (Å²) in [5.74, 6) is 0. The Morgan fingerprint density at radius 2 is 1.77 bits per heavy atom. The number of pyridine rings is 1. The van der Waals surface area contributed by atoms with Gasteiger partial charge < -0.3 is 0 Å². The van der Waals surface area contributed by atoms with Crippen molar-refractivity contribution >= 4 is 0 Å². The molecule has 4 rings (SSSR count). The highest BCUT2D eigenvalue weighted by Gasteiger charge is 2.07. The molecule has 0 atom stereocenters. The van der Waals surface area contributed by atoms with Crippen LogP contribution in [0.25, 0.3) is 17.1 Å². The zero-order valence-corrected chi connectivity index (χ0v) is 15.2. The Kier molecular flexibility index (Phi) is 4.13. The quantitative estimate of drug-likeness (QED) is 0.605. The van der Waals surface area contributed by atoms with Crippen LogP contribution in [0.15, 0.2) is 54.7 Å². The topological polar surface area (TPSA) is 59.4 Å². The lowest BCUT2D eigenvalue weighted by atomic mass is 10.0. The number of aromatic amines is 1. The van der Waals surface area contributed by atoms with Crippen molar-refractivity contribution in [1.29, 1.82) is 0 Å². The van der Waals surface area contributed by atoms with Crippen molar-refractivity contribution in [2.24, 2.45) is 0 Å². The highest BCUT2D eigenvalue weighted by molar-refractivity contribution is 5.55. The van der Waals surface area contributed by atoms with Gasteiger partial charge in [0.05, 0.1) is 17.1 Å². The van der Waals surface area contributed by atoms with E-state index in [0.717, 1.165) is 40.6 Å². The maximum absolute atomic E-state index is 4.58. The molecule has 0 fully saturated rings. The molecule has 0 saturated carbocycles. The number of nitrogens with one attached hydrogen (secondary N) is 1. The normalized spacial score (nSPS) is 11.0. The lowest BCUT2D eigenvalue weighted by Gasteiger charge is -2.08.